The van der Waals surface area contributed by atoms with Gasteiger partial charge in [-0.25, -0.2) is 0 Å². The van der Waals surface area contributed by atoms with Gasteiger partial charge in [0.05, 0.1) is 24.9 Å². The monoisotopic (exact) mass is 267 g/mol. The normalized spacial score (nSPS) is 13.5. The van der Waals surface area contributed by atoms with E-state index in [9.17, 15) is 5.11 Å². The van der Waals surface area contributed by atoms with Gasteiger partial charge in [-0.05, 0) is 19.4 Å². The number of ether oxygens (including phenoxy) is 2. The molecule has 19 heavy (non-hydrogen) atoms. The topological polar surface area (TPSA) is 50.7 Å². The molecule has 0 radical (unpaired) electrons. The van der Waals surface area contributed by atoms with E-state index in [1.165, 1.54) is 0 Å². The Bertz CT molecular complexity index is 341. The predicted molar refractivity (Wildman–Crippen MR) is 76.1 cm³/mol. The van der Waals surface area contributed by atoms with Crippen LogP contribution in [0.4, 0.5) is 0 Å². The van der Waals surface area contributed by atoms with E-state index in [1.807, 2.05) is 44.2 Å². The minimum atomic E-state index is -0.503. The Morgan fingerprint density at radius 3 is 2.58 bits per heavy atom. The third kappa shape index (κ3) is 7.28. The summed E-state index contributed by atoms with van der Waals surface area (Å²) in [5.74, 6) is 0. The first-order chi connectivity index (χ1) is 9.03. The number of benzene rings is 1. The zero-order chi connectivity index (χ0) is 14.1. The highest BCUT2D eigenvalue weighted by atomic mass is 16.5. The molecule has 0 aliphatic heterocycles. The Morgan fingerprint density at radius 2 is 1.95 bits per heavy atom. The van der Waals surface area contributed by atoms with E-state index >= 15 is 0 Å². The van der Waals surface area contributed by atoms with Gasteiger partial charge < -0.3 is 19.9 Å². The largest absolute Gasteiger partial charge is 0.389 e. The molecular weight excluding hydrogens is 242 g/mol. The van der Waals surface area contributed by atoms with E-state index in [-0.39, 0.29) is 5.60 Å². The second-order valence-electron chi connectivity index (χ2n) is 5.25. The number of nitrogens with one attached hydrogen (secondary N) is 1. The highest BCUT2D eigenvalue weighted by molar-refractivity contribution is 5.13. The first kappa shape index (κ1) is 16.1. The van der Waals surface area contributed by atoms with Crippen LogP contribution in [0.5, 0.6) is 0 Å². The van der Waals surface area contributed by atoms with Crippen LogP contribution in [0.2, 0.25) is 0 Å². The van der Waals surface area contributed by atoms with Crippen LogP contribution >= 0.6 is 0 Å². The maximum atomic E-state index is 9.77. The number of rotatable bonds is 9. The minimum Gasteiger partial charge on any atom is -0.389 e. The number of methoxy groups -OCH3 is 1. The van der Waals surface area contributed by atoms with Crippen LogP contribution in [-0.2, 0) is 16.1 Å². The van der Waals surface area contributed by atoms with Crippen LogP contribution in [-0.4, -0.2) is 43.6 Å². The van der Waals surface area contributed by atoms with Crippen molar-refractivity contribution in [3.05, 3.63) is 35.9 Å². The molecule has 1 unspecified atom stereocenters. The summed E-state index contributed by atoms with van der Waals surface area (Å²) in [7, 11) is 1.68. The van der Waals surface area contributed by atoms with Crippen molar-refractivity contribution in [2.45, 2.75) is 32.2 Å². The summed E-state index contributed by atoms with van der Waals surface area (Å²) in [5.41, 5.74) is 0.896. The number of aliphatic hydroxyl groups is 1. The molecule has 1 aromatic carbocycles. The molecule has 1 atom stereocenters. The van der Waals surface area contributed by atoms with Gasteiger partial charge in [0.25, 0.3) is 0 Å². The lowest BCUT2D eigenvalue weighted by Crippen LogP contribution is -2.40. The van der Waals surface area contributed by atoms with Crippen molar-refractivity contribution < 1.29 is 14.6 Å². The highest BCUT2D eigenvalue weighted by Gasteiger charge is 2.16. The summed E-state index contributed by atoms with van der Waals surface area (Å²) in [5, 5.41) is 12.9. The zero-order valence-corrected chi connectivity index (χ0v) is 12.1. The van der Waals surface area contributed by atoms with Gasteiger partial charge in [0.1, 0.15) is 0 Å². The van der Waals surface area contributed by atoms with Gasteiger partial charge in [-0.3, -0.25) is 0 Å². The Balaban J connectivity index is 2.10. The fourth-order valence-corrected chi connectivity index (χ4v) is 1.56. The molecule has 1 rings (SSSR count). The third-order valence-electron chi connectivity index (χ3n) is 2.91. The van der Waals surface area contributed by atoms with Crippen LogP contribution < -0.4 is 5.32 Å². The lowest BCUT2D eigenvalue weighted by atomic mass is 10.1. The molecule has 1 aromatic rings. The van der Waals surface area contributed by atoms with Crippen LogP contribution in [0.15, 0.2) is 30.3 Å². The van der Waals surface area contributed by atoms with Gasteiger partial charge >= 0.3 is 0 Å². The fourth-order valence-electron chi connectivity index (χ4n) is 1.56. The van der Waals surface area contributed by atoms with Gasteiger partial charge in [-0.2, -0.15) is 0 Å². The van der Waals surface area contributed by atoms with Gasteiger partial charge in [0.2, 0.25) is 0 Å². The van der Waals surface area contributed by atoms with E-state index in [4.69, 9.17) is 9.47 Å². The average molecular weight is 267 g/mol. The predicted octanol–water partition coefficient (Wildman–Crippen LogP) is 1.58. The van der Waals surface area contributed by atoms with E-state index in [0.717, 1.165) is 5.56 Å². The summed E-state index contributed by atoms with van der Waals surface area (Å²) < 4.78 is 10.8. The van der Waals surface area contributed by atoms with Crippen LogP contribution in [0.1, 0.15) is 19.4 Å². The van der Waals surface area contributed by atoms with Crippen molar-refractivity contribution in [3.8, 4) is 0 Å². The van der Waals surface area contributed by atoms with E-state index in [0.29, 0.717) is 26.3 Å². The molecule has 0 saturated heterocycles. The van der Waals surface area contributed by atoms with Gasteiger partial charge in [-0.15, -0.1) is 0 Å². The van der Waals surface area contributed by atoms with E-state index < -0.39 is 6.10 Å². The van der Waals surface area contributed by atoms with Crippen molar-refractivity contribution in [2.75, 3.05) is 26.8 Å². The molecule has 0 amide bonds. The summed E-state index contributed by atoms with van der Waals surface area (Å²) in [6, 6.07) is 9.93. The number of aliphatic hydroxyl groups excluding tert-OH is 1. The Labute approximate surface area is 115 Å². The van der Waals surface area contributed by atoms with E-state index in [2.05, 4.69) is 5.32 Å². The van der Waals surface area contributed by atoms with Gasteiger partial charge in [-0.1, -0.05) is 30.3 Å². The molecule has 4 nitrogen and oxygen atoms in total. The summed E-state index contributed by atoms with van der Waals surface area (Å²) >= 11 is 0. The fraction of sp³-hybridized carbons (Fsp3) is 0.600. The molecule has 0 saturated carbocycles. The Kier molecular flexibility index (Phi) is 7.02. The molecule has 0 spiro atoms. The number of hydrogen-bond acceptors (Lipinski definition) is 4. The summed E-state index contributed by atoms with van der Waals surface area (Å²) in [6.45, 7) is 6.05. The van der Waals surface area contributed by atoms with Crippen LogP contribution in [0.3, 0.4) is 0 Å². The molecule has 0 aliphatic rings. The maximum Gasteiger partial charge on any atom is 0.0897 e. The molecule has 0 heterocycles. The maximum absolute atomic E-state index is 9.77. The van der Waals surface area contributed by atoms with Crippen molar-refractivity contribution >= 4 is 0 Å². The summed E-state index contributed by atoms with van der Waals surface area (Å²) in [6.07, 6.45) is -0.503. The quantitative estimate of drug-likeness (QED) is 0.713. The first-order valence-electron chi connectivity index (χ1n) is 6.59. The Hall–Kier alpha value is -0.940. The van der Waals surface area contributed by atoms with Crippen molar-refractivity contribution in [3.63, 3.8) is 0 Å². The molecule has 2 N–H and O–H groups in total. The van der Waals surface area contributed by atoms with Crippen LogP contribution in [0, 0.1) is 0 Å². The standard InChI is InChI=1S/C15H25NO3/c1-15(2,18-3)12-16-9-14(17)11-19-10-13-7-5-4-6-8-13/h4-8,14,16-17H,9-12H2,1-3H3. The third-order valence-corrected chi connectivity index (χ3v) is 2.91. The van der Waals surface area contributed by atoms with Crippen molar-refractivity contribution in [1.29, 1.82) is 0 Å². The molecule has 0 aliphatic carbocycles. The second-order valence-corrected chi connectivity index (χ2v) is 5.25. The second kappa shape index (κ2) is 8.27. The smallest absolute Gasteiger partial charge is 0.0897 e. The highest BCUT2D eigenvalue weighted by Crippen LogP contribution is 2.04. The first-order valence-corrected chi connectivity index (χ1v) is 6.59. The lowest BCUT2D eigenvalue weighted by Gasteiger charge is -2.24. The van der Waals surface area contributed by atoms with Crippen molar-refractivity contribution in [1.82, 2.24) is 5.32 Å². The van der Waals surface area contributed by atoms with Crippen LogP contribution in [0.25, 0.3) is 0 Å². The Morgan fingerprint density at radius 1 is 1.26 bits per heavy atom. The van der Waals surface area contributed by atoms with Crippen molar-refractivity contribution in [2.24, 2.45) is 0 Å². The molecule has 108 valence electrons. The zero-order valence-electron chi connectivity index (χ0n) is 12.1. The molecular formula is C15H25NO3. The molecule has 4 heteroatoms. The number of hydrogen-bond donors (Lipinski definition) is 2. The SMILES string of the molecule is COC(C)(C)CNCC(O)COCc1ccccc1. The van der Waals surface area contributed by atoms with Gasteiger partial charge in [0, 0.05) is 20.2 Å². The molecule has 0 bridgehead atoms. The molecule has 0 fully saturated rings. The summed E-state index contributed by atoms with van der Waals surface area (Å²) in [4.78, 5) is 0. The van der Waals surface area contributed by atoms with Gasteiger partial charge in [0.15, 0.2) is 0 Å². The minimum absolute atomic E-state index is 0.218. The molecule has 0 aromatic heterocycles. The lowest BCUT2D eigenvalue weighted by molar-refractivity contribution is 0.00930. The van der Waals surface area contributed by atoms with E-state index in [1.54, 1.807) is 7.11 Å². The average Bonchev–Trinajstić information content (AvgIpc) is 2.40.